The number of nitrogens with zero attached hydrogens (tertiary/aromatic N) is 2. The lowest BCUT2D eigenvalue weighted by Crippen LogP contribution is -2.31. The summed E-state index contributed by atoms with van der Waals surface area (Å²) >= 11 is 3.78. The van der Waals surface area contributed by atoms with Crippen LogP contribution in [0.15, 0.2) is 182 Å². The maximum Gasteiger partial charge on any atom is 0.276 e. The van der Waals surface area contributed by atoms with Crippen LogP contribution in [0, 0.1) is 0 Å². The molecule has 2 heterocycles. The van der Waals surface area contributed by atoms with Gasteiger partial charge in [-0.25, -0.2) is 0 Å². The van der Waals surface area contributed by atoms with Crippen molar-refractivity contribution in [2.24, 2.45) is 0 Å². The number of para-hydroxylation sites is 4. The van der Waals surface area contributed by atoms with Gasteiger partial charge in [-0.15, -0.1) is 9.13 Å². The Hall–Kier alpha value is -6.72. The summed E-state index contributed by atoms with van der Waals surface area (Å²) < 4.78 is 7.51. The fourth-order valence-corrected chi connectivity index (χ4v) is 13.4. The SMILES string of the molecule is CC1(C)c2cc3c(cc2-c2c1cc(-c1sc4ccccc4[n+]1-c1ccccc1)c1ccccc21)C(C)(C)c1cc(-c2sc4ccccc4[n+]2-c2ccccc2)c2ccccc2c1-3. The summed E-state index contributed by atoms with van der Waals surface area (Å²) in [7, 11) is 0. The fourth-order valence-electron chi connectivity index (χ4n) is 11.0. The summed E-state index contributed by atoms with van der Waals surface area (Å²) in [5.74, 6) is 0. The number of hydrogen-bond acceptors (Lipinski definition) is 2. The molecule has 0 amide bonds. The highest BCUT2D eigenvalue weighted by molar-refractivity contribution is 7.21. The van der Waals surface area contributed by atoms with E-state index in [4.69, 9.17) is 0 Å². The first-order chi connectivity index (χ1) is 30.3. The molecule has 0 unspecified atom stereocenters. The average Bonchev–Trinajstić information content (AvgIpc) is 4.01. The van der Waals surface area contributed by atoms with Gasteiger partial charge in [0, 0.05) is 47.2 Å². The molecular weight excluding hydrogens is 789 g/mol. The summed E-state index contributed by atoms with van der Waals surface area (Å²) in [6.07, 6.45) is 0. The Balaban J connectivity index is 1.04. The zero-order valence-corrected chi connectivity index (χ0v) is 36.7. The van der Waals surface area contributed by atoms with Gasteiger partial charge < -0.3 is 0 Å². The minimum atomic E-state index is -0.228. The second kappa shape index (κ2) is 12.9. The van der Waals surface area contributed by atoms with E-state index in [9.17, 15) is 0 Å². The first-order valence-corrected chi connectivity index (χ1v) is 23.2. The quantitative estimate of drug-likeness (QED) is 0.156. The van der Waals surface area contributed by atoms with Crippen LogP contribution in [-0.4, -0.2) is 0 Å². The molecule has 0 atom stereocenters. The van der Waals surface area contributed by atoms with Gasteiger partial charge in [0.05, 0.1) is 11.1 Å². The minimum absolute atomic E-state index is 0.228. The molecule has 0 N–H and O–H groups in total. The van der Waals surface area contributed by atoms with Gasteiger partial charge in [0.15, 0.2) is 0 Å². The first-order valence-electron chi connectivity index (χ1n) is 21.6. The second-order valence-corrected chi connectivity index (χ2v) is 20.1. The smallest absolute Gasteiger partial charge is 0.143 e. The van der Waals surface area contributed by atoms with Gasteiger partial charge in [0.1, 0.15) is 9.40 Å². The monoisotopic (exact) mass is 830 g/mol. The zero-order valence-electron chi connectivity index (χ0n) is 35.0. The molecule has 0 saturated heterocycles. The molecule has 13 rings (SSSR count). The van der Waals surface area contributed by atoms with E-state index in [1.54, 1.807) is 0 Å². The van der Waals surface area contributed by atoms with Crippen LogP contribution in [0.3, 0.4) is 0 Å². The van der Waals surface area contributed by atoms with E-state index in [0.29, 0.717) is 0 Å². The van der Waals surface area contributed by atoms with Gasteiger partial charge in [-0.05, 0) is 102 Å². The van der Waals surface area contributed by atoms with Crippen molar-refractivity contribution >= 4 is 64.7 Å². The normalized spacial score (nSPS) is 14.4. The van der Waals surface area contributed by atoms with Crippen molar-refractivity contribution in [1.29, 1.82) is 0 Å². The van der Waals surface area contributed by atoms with Crippen molar-refractivity contribution < 1.29 is 9.13 Å². The maximum absolute atomic E-state index is 2.59. The van der Waals surface area contributed by atoms with E-state index in [2.05, 4.69) is 219 Å². The Kier molecular flexibility index (Phi) is 7.49. The Morgan fingerprint density at radius 1 is 0.339 bits per heavy atom. The van der Waals surface area contributed by atoms with E-state index in [-0.39, 0.29) is 10.8 Å². The number of thiazole rings is 2. The molecular formula is C58H42N2S2+2. The first kappa shape index (κ1) is 36.0. The predicted molar refractivity (Wildman–Crippen MR) is 261 cm³/mol. The van der Waals surface area contributed by atoms with Crippen molar-refractivity contribution in [3.8, 4) is 54.8 Å². The van der Waals surface area contributed by atoms with Gasteiger partial charge in [0.2, 0.25) is 22.4 Å². The maximum atomic E-state index is 2.59. The average molecular weight is 831 g/mol. The number of benzene rings is 9. The molecule has 0 saturated carbocycles. The number of rotatable bonds is 4. The summed E-state index contributed by atoms with van der Waals surface area (Å²) in [5.41, 5.74) is 18.1. The molecule has 11 aromatic rings. The largest absolute Gasteiger partial charge is 0.276 e. The molecule has 9 aromatic carbocycles. The highest BCUT2D eigenvalue weighted by atomic mass is 32.1. The van der Waals surface area contributed by atoms with Crippen LogP contribution in [0.2, 0.25) is 0 Å². The van der Waals surface area contributed by atoms with E-state index >= 15 is 0 Å². The van der Waals surface area contributed by atoms with E-state index < -0.39 is 0 Å². The van der Waals surface area contributed by atoms with Gasteiger partial charge in [-0.1, -0.05) is 160 Å². The molecule has 62 heavy (non-hydrogen) atoms. The standard InChI is InChI=1S/C58H42N2S2/c1-57(2)45-33-44-46(34-43(45)53-39-25-13-11-23-37(39)41(31-47(53)57)55-59(35-19-7-5-8-20-35)49-27-15-17-29-51(49)61-55)58(3,4)48-32-42(38-24-12-14-26-40(38)54(44)48)56-60(36-21-9-6-10-22-36)50-28-16-18-30-52(50)62-56/h5-34H,1-4H3/q+2. The van der Waals surface area contributed by atoms with Crippen LogP contribution in [0.4, 0.5) is 0 Å². The molecule has 0 spiro atoms. The Labute approximate surface area is 369 Å². The minimum Gasteiger partial charge on any atom is -0.143 e. The van der Waals surface area contributed by atoms with Crippen LogP contribution in [0.1, 0.15) is 49.9 Å². The van der Waals surface area contributed by atoms with Gasteiger partial charge >= 0.3 is 0 Å². The predicted octanol–water partition coefficient (Wildman–Crippen LogP) is 14.9. The third-order valence-electron chi connectivity index (χ3n) is 14.0. The van der Waals surface area contributed by atoms with Crippen LogP contribution in [0.5, 0.6) is 0 Å². The van der Waals surface area contributed by atoms with Gasteiger partial charge in [0.25, 0.3) is 10.0 Å². The molecule has 2 aromatic heterocycles. The molecule has 0 bridgehead atoms. The summed E-state index contributed by atoms with van der Waals surface area (Å²) in [6.45, 7) is 9.80. The molecule has 0 fully saturated rings. The van der Waals surface area contributed by atoms with Crippen molar-refractivity contribution in [3.63, 3.8) is 0 Å². The third-order valence-corrected chi connectivity index (χ3v) is 16.3. The lowest BCUT2D eigenvalue weighted by molar-refractivity contribution is -0.550. The van der Waals surface area contributed by atoms with Crippen molar-refractivity contribution in [2.45, 2.75) is 38.5 Å². The molecule has 294 valence electrons. The number of fused-ring (bicyclic) bond motifs is 12. The number of hydrogen-bond donors (Lipinski definition) is 0. The summed E-state index contributed by atoms with van der Waals surface area (Å²) in [6, 6.07) is 67.9. The second-order valence-electron chi connectivity index (χ2n) is 18.1. The zero-order chi connectivity index (χ0) is 41.5. The lowest BCUT2D eigenvalue weighted by Gasteiger charge is -2.24. The fraction of sp³-hybridized carbons (Fsp3) is 0.103. The third kappa shape index (κ3) is 4.85. The molecule has 4 heteroatoms. The molecule has 2 aliphatic carbocycles. The Bertz CT molecular complexity index is 3440. The highest BCUT2D eigenvalue weighted by Crippen LogP contribution is 2.60. The summed E-state index contributed by atoms with van der Waals surface area (Å²) in [5, 5.41) is 7.74. The topological polar surface area (TPSA) is 7.76 Å². The van der Waals surface area contributed by atoms with Crippen molar-refractivity contribution in [2.75, 3.05) is 0 Å². The molecule has 2 nitrogen and oxygen atoms in total. The van der Waals surface area contributed by atoms with Gasteiger partial charge in [-0.3, -0.25) is 0 Å². The van der Waals surface area contributed by atoms with Gasteiger partial charge in [-0.2, -0.15) is 0 Å². The molecule has 2 aliphatic rings. The lowest BCUT2D eigenvalue weighted by atomic mass is 9.79. The van der Waals surface area contributed by atoms with Crippen LogP contribution < -0.4 is 9.13 Å². The van der Waals surface area contributed by atoms with E-state index in [1.165, 1.54) is 119 Å². The highest BCUT2D eigenvalue weighted by Gasteiger charge is 2.44. The molecule has 0 radical (unpaired) electrons. The Morgan fingerprint density at radius 2 is 0.677 bits per heavy atom. The van der Waals surface area contributed by atoms with Crippen molar-refractivity contribution in [3.05, 3.63) is 204 Å². The van der Waals surface area contributed by atoms with E-state index in [0.717, 1.165) is 0 Å². The molecule has 0 aliphatic heterocycles. The van der Waals surface area contributed by atoms with Crippen LogP contribution in [-0.2, 0) is 10.8 Å². The van der Waals surface area contributed by atoms with Crippen molar-refractivity contribution in [1.82, 2.24) is 0 Å². The summed E-state index contributed by atoms with van der Waals surface area (Å²) in [4.78, 5) is 0. The van der Waals surface area contributed by atoms with E-state index in [1.807, 2.05) is 22.7 Å². The van der Waals surface area contributed by atoms with Crippen LogP contribution >= 0.6 is 22.7 Å². The van der Waals surface area contributed by atoms with Crippen LogP contribution in [0.25, 0.3) is 96.7 Å². The Morgan fingerprint density at radius 3 is 1.10 bits per heavy atom. The number of aromatic nitrogens is 2.